The van der Waals surface area contributed by atoms with Crippen molar-refractivity contribution in [1.82, 2.24) is 4.98 Å². The van der Waals surface area contributed by atoms with Gasteiger partial charge in [0.1, 0.15) is 10.8 Å². The quantitative estimate of drug-likeness (QED) is 0.889. The summed E-state index contributed by atoms with van der Waals surface area (Å²) < 4.78 is 5.48. The number of hydrogen-bond acceptors (Lipinski definition) is 3. The van der Waals surface area contributed by atoms with Crippen molar-refractivity contribution in [3.63, 3.8) is 0 Å². The van der Waals surface area contributed by atoms with Gasteiger partial charge in [0.2, 0.25) is 5.88 Å². The van der Waals surface area contributed by atoms with E-state index in [1.165, 1.54) is 0 Å². The Kier molecular flexibility index (Phi) is 3.39. The molecule has 0 radical (unpaired) electrons. The second-order valence-electron chi connectivity index (χ2n) is 3.19. The average Bonchev–Trinajstić information content (AvgIpc) is 2.33. The predicted octanol–water partition coefficient (Wildman–Crippen LogP) is 3.02. The molecule has 1 heterocycles. The Balaban J connectivity index is 2.18. The number of nitrogens with zero attached hydrogens (tertiary/aromatic N) is 1. The van der Waals surface area contributed by atoms with Gasteiger partial charge in [-0.25, -0.2) is 4.98 Å². The van der Waals surface area contributed by atoms with Crippen molar-refractivity contribution in [3.8, 4) is 11.6 Å². The second kappa shape index (κ2) is 4.96. The number of hydrogen-bond donors (Lipinski definition) is 1. The summed E-state index contributed by atoms with van der Waals surface area (Å²) in [6.07, 6.45) is 1.61. The Hall–Kier alpha value is -1.58. The van der Waals surface area contributed by atoms with Gasteiger partial charge in [-0.3, -0.25) is 0 Å². The summed E-state index contributed by atoms with van der Waals surface area (Å²) in [7, 11) is 0. The maximum Gasteiger partial charge on any atom is 0.238 e. The molecule has 4 heteroatoms. The molecule has 16 heavy (non-hydrogen) atoms. The summed E-state index contributed by atoms with van der Waals surface area (Å²) >= 11 is 5.91. The molecule has 0 spiro atoms. The molecular formula is C12H10ClNO2. The molecule has 1 aromatic carbocycles. The van der Waals surface area contributed by atoms with Gasteiger partial charge < -0.3 is 9.84 Å². The Morgan fingerprint density at radius 2 is 1.94 bits per heavy atom. The summed E-state index contributed by atoms with van der Waals surface area (Å²) in [6, 6.07) is 10.5. The summed E-state index contributed by atoms with van der Waals surface area (Å²) in [5, 5.41) is 9.35. The van der Waals surface area contributed by atoms with E-state index in [1.54, 1.807) is 42.6 Å². The monoisotopic (exact) mass is 235 g/mol. The fourth-order valence-corrected chi connectivity index (χ4v) is 1.38. The van der Waals surface area contributed by atoms with Crippen LogP contribution in [0.4, 0.5) is 0 Å². The van der Waals surface area contributed by atoms with Crippen molar-refractivity contribution >= 4 is 11.6 Å². The minimum atomic E-state index is 0.0185. The SMILES string of the molecule is OCc1ccc(Oc2ncccc2Cl)cc1. The van der Waals surface area contributed by atoms with Crippen LogP contribution >= 0.6 is 11.6 Å². The highest BCUT2D eigenvalue weighted by atomic mass is 35.5. The molecule has 0 aliphatic heterocycles. The molecule has 0 unspecified atom stereocenters. The molecular weight excluding hydrogens is 226 g/mol. The first-order chi connectivity index (χ1) is 7.79. The van der Waals surface area contributed by atoms with E-state index in [4.69, 9.17) is 21.4 Å². The van der Waals surface area contributed by atoms with E-state index in [1.807, 2.05) is 0 Å². The molecule has 0 saturated carbocycles. The van der Waals surface area contributed by atoms with Crippen LogP contribution in [0.25, 0.3) is 0 Å². The number of benzene rings is 1. The van der Waals surface area contributed by atoms with Gasteiger partial charge in [0.05, 0.1) is 6.61 Å². The number of pyridine rings is 1. The fourth-order valence-electron chi connectivity index (χ4n) is 1.22. The van der Waals surface area contributed by atoms with Gasteiger partial charge in [-0.15, -0.1) is 0 Å². The van der Waals surface area contributed by atoms with Crippen molar-refractivity contribution in [2.45, 2.75) is 6.61 Å². The standard InChI is InChI=1S/C12H10ClNO2/c13-11-2-1-7-14-12(11)16-10-5-3-9(8-15)4-6-10/h1-7,15H,8H2. The third kappa shape index (κ3) is 2.51. The lowest BCUT2D eigenvalue weighted by atomic mass is 10.2. The van der Waals surface area contributed by atoms with Gasteiger partial charge >= 0.3 is 0 Å². The van der Waals surface area contributed by atoms with E-state index >= 15 is 0 Å². The molecule has 2 rings (SSSR count). The highest BCUT2D eigenvalue weighted by molar-refractivity contribution is 6.31. The van der Waals surface area contributed by atoms with Gasteiger partial charge in [0.25, 0.3) is 0 Å². The van der Waals surface area contributed by atoms with Gasteiger partial charge in [0, 0.05) is 6.20 Å². The van der Waals surface area contributed by atoms with E-state index in [0.717, 1.165) is 5.56 Å². The first-order valence-electron chi connectivity index (χ1n) is 4.78. The number of rotatable bonds is 3. The van der Waals surface area contributed by atoms with Crippen molar-refractivity contribution in [1.29, 1.82) is 0 Å². The number of aliphatic hydroxyl groups is 1. The van der Waals surface area contributed by atoms with E-state index in [2.05, 4.69) is 4.98 Å². The molecule has 0 aliphatic carbocycles. The van der Waals surface area contributed by atoms with Crippen molar-refractivity contribution in [2.24, 2.45) is 0 Å². The first-order valence-corrected chi connectivity index (χ1v) is 5.15. The van der Waals surface area contributed by atoms with Crippen LogP contribution < -0.4 is 4.74 Å². The van der Waals surface area contributed by atoms with Crippen LogP contribution in [0, 0.1) is 0 Å². The summed E-state index contributed by atoms with van der Waals surface area (Å²) in [6.45, 7) is 0.0185. The zero-order valence-corrected chi connectivity index (χ0v) is 9.19. The van der Waals surface area contributed by atoms with Crippen LogP contribution in [0.15, 0.2) is 42.6 Å². The molecule has 0 fully saturated rings. The Morgan fingerprint density at radius 3 is 2.56 bits per heavy atom. The summed E-state index contributed by atoms with van der Waals surface area (Å²) in [4.78, 5) is 4.01. The number of ether oxygens (including phenoxy) is 1. The average molecular weight is 236 g/mol. The van der Waals surface area contributed by atoms with Gasteiger partial charge in [0.15, 0.2) is 0 Å². The molecule has 3 nitrogen and oxygen atoms in total. The summed E-state index contributed by atoms with van der Waals surface area (Å²) in [5.74, 6) is 1.01. The summed E-state index contributed by atoms with van der Waals surface area (Å²) in [5.41, 5.74) is 0.833. The third-order valence-electron chi connectivity index (χ3n) is 2.05. The van der Waals surface area contributed by atoms with Crippen LogP contribution in [0.3, 0.4) is 0 Å². The maximum atomic E-state index is 8.89. The Labute approximate surface area is 98.3 Å². The molecule has 0 saturated heterocycles. The van der Waals surface area contributed by atoms with Crippen LogP contribution in [0.5, 0.6) is 11.6 Å². The van der Waals surface area contributed by atoms with Crippen molar-refractivity contribution < 1.29 is 9.84 Å². The van der Waals surface area contributed by atoms with Crippen molar-refractivity contribution in [2.75, 3.05) is 0 Å². The smallest absolute Gasteiger partial charge is 0.238 e. The topological polar surface area (TPSA) is 42.4 Å². The Morgan fingerprint density at radius 1 is 1.19 bits per heavy atom. The molecule has 2 aromatic rings. The number of aromatic nitrogens is 1. The van der Waals surface area contributed by atoms with E-state index in [0.29, 0.717) is 16.7 Å². The fraction of sp³-hybridized carbons (Fsp3) is 0.0833. The zero-order chi connectivity index (χ0) is 11.4. The molecule has 0 amide bonds. The molecule has 82 valence electrons. The van der Waals surface area contributed by atoms with Gasteiger partial charge in [-0.05, 0) is 29.8 Å². The highest BCUT2D eigenvalue weighted by Crippen LogP contribution is 2.26. The lowest BCUT2D eigenvalue weighted by molar-refractivity contribution is 0.281. The zero-order valence-electron chi connectivity index (χ0n) is 8.43. The van der Waals surface area contributed by atoms with Gasteiger partial charge in [-0.1, -0.05) is 23.7 Å². The van der Waals surface area contributed by atoms with Crippen LogP contribution in [0.2, 0.25) is 5.02 Å². The number of halogens is 1. The number of aliphatic hydroxyl groups excluding tert-OH is 1. The van der Waals surface area contributed by atoms with E-state index in [9.17, 15) is 0 Å². The van der Waals surface area contributed by atoms with Crippen LogP contribution in [-0.2, 0) is 6.61 Å². The third-order valence-corrected chi connectivity index (χ3v) is 2.33. The second-order valence-corrected chi connectivity index (χ2v) is 3.60. The maximum absolute atomic E-state index is 8.89. The molecule has 0 bridgehead atoms. The predicted molar refractivity (Wildman–Crippen MR) is 61.7 cm³/mol. The molecule has 1 N–H and O–H groups in total. The normalized spacial score (nSPS) is 10.1. The lowest BCUT2D eigenvalue weighted by Gasteiger charge is -2.06. The van der Waals surface area contributed by atoms with Crippen LogP contribution in [-0.4, -0.2) is 10.1 Å². The van der Waals surface area contributed by atoms with Crippen molar-refractivity contribution in [3.05, 3.63) is 53.2 Å². The minimum absolute atomic E-state index is 0.0185. The Bertz CT molecular complexity index is 471. The minimum Gasteiger partial charge on any atom is -0.438 e. The largest absolute Gasteiger partial charge is 0.438 e. The molecule has 0 aliphatic rings. The molecule has 0 atom stereocenters. The highest BCUT2D eigenvalue weighted by Gasteiger charge is 2.03. The first kappa shape index (κ1) is 10.9. The lowest BCUT2D eigenvalue weighted by Crippen LogP contribution is -1.89. The van der Waals surface area contributed by atoms with Crippen LogP contribution in [0.1, 0.15) is 5.56 Å². The molecule has 1 aromatic heterocycles. The van der Waals surface area contributed by atoms with E-state index < -0.39 is 0 Å². The van der Waals surface area contributed by atoms with E-state index in [-0.39, 0.29) is 6.61 Å². The van der Waals surface area contributed by atoms with Gasteiger partial charge in [-0.2, -0.15) is 0 Å².